The van der Waals surface area contributed by atoms with E-state index in [1.807, 2.05) is 6.07 Å². The van der Waals surface area contributed by atoms with E-state index < -0.39 is 10.3 Å². The molecule has 9 nitrogen and oxygen atoms in total. The van der Waals surface area contributed by atoms with E-state index in [4.69, 9.17) is 5.53 Å². The van der Waals surface area contributed by atoms with Gasteiger partial charge in [-0.1, -0.05) is 11.2 Å². The molecule has 0 saturated carbocycles. The smallest absolute Gasteiger partial charge is 0.272 e. The molecule has 0 fully saturated rings. The highest BCUT2D eigenvalue weighted by molar-refractivity contribution is 6.06. The molecule has 4 rings (SSSR count). The lowest BCUT2D eigenvalue weighted by Gasteiger charge is -2.20. The van der Waals surface area contributed by atoms with Crippen LogP contribution in [0.25, 0.3) is 10.4 Å². The number of fused-ring (bicyclic) bond motifs is 3. The molecule has 2 aliphatic rings. The van der Waals surface area contributed by atoms with Gasteiger partial charge in [0.05, 0.1) is 10.3 Å². The van der Waals surface area contributed by atoms with Crippen LogP contribution in [0.4, 0.5) is 11.5 Å². The van der Waals surface area contributed by atoms with Gasteiger partial charge in [0.15, 0.2) is 0 Å². The number of nitro groups is 1. The quantitative estimate of drug-likeness (QED) is 0.298. The van der Waals surface area contributed by atoms with Crippen LogP contribution in [0.3, 0.4) is 0 Å². The summed E-state index contributed by atoms with van der Waals surface area (Å²) in [6.45, 7) is 0.147. The third-order valence-electron chi connectivity index (χ3n) is 5.12. The molecular formula is C17H14N6O3. The highest BCUT2D eigenvalue weighted by atomic mass is 16.6. The molecule has 2 heterocycles. The molecule has 0 bridgehead atoms. The number of nitrogens with zero attached hydrogens (tertiary/aromatic N) is 5. The Morgan fingerprint density at radius 3 is 2.88 bits per heavy atom. The first-order valence-electron chi connectivity index (χ1n) is 8.12. The Kier molecular flexibility index (Phi) is 3.59. The number of nitrogens with one attached hydrogen (secondary N) is 1. The molecular weight excluding hydrogens is 336 g/mol. The molecule has 2 aromatic rings. The summed E-state index contributed by atoms with van der Waals surface area (Å²) >= 11 is 0. The Balaban J connectivity index is 1.77. The van der Waals surface area contributed by atoms with Gasteiger partial charge in [-0.3, -0.25) is 14.9 Å². The van der Waals surface area contributed by atoms with Crippen LogP contribution in [0.5, 0.6) is 0 Å². The van der Waals surface area contributed by atoms with E-state index in [1.165, 1.54) is 0 Å². The zero-order chi connectivity index (χ0) is 18.3. The minimum absolute atomic E-state index is 0.00115. The summed E-state index contributed by atoms with van der Waals surface area (Å²) in [4.78, 5) is 30.6. The van der Waals surface area contributed by atoms with Crippen molar-refractivity contribution in [2.45, 2.75) is 24.7 Å². The van der Waals surface area contributed by atoms with Crippen molar-refractivity contribution in [2.24, 2.45) is 5.11 Å². The Labute approximate surface area is 147 Å². The van der Waals surface area contributed by atoms with Crippen molar-refractivity contribution in [1.82, 2.24) is 4.98 Å². The minimum atomic E-state index is -0.761. The fourth-order valence-corrected chi connectivity index (χ4v) is 3.95. The van der Waals surface area contributed by atoms with Crippen LogP contribution in [0.1, 0.15) is 22.3 Å². The molecule has 9 heteroatoms. The number of rotatable bonds is 4. The Morgan fingerprint density at radius 2 is 2.15 bits per heavy atom. The Bertz CT molecular complexity index is 998. The second kappa shape index (κ2) is 5.82. The number of benzene rings is 1. The summed E-state index contributed by atoms with van der Waals surface area (Å²) in [6, 6.07) is 6.99. The van der Waals surface area contributed by atoms with Crippen molar-refractivity contribution in [1.29, 1.82) is 0 Å². The van der Waals surface area contributed by atoms with E-state index >= 15 is 0 Å². The summed E-state index contributed by atoms with van der Waals surface area (Å²) in [5, 5.41) is 17.7. The summed E-state index contributed by atoms with van der Waals surface area (Å²) in [5.41, 5.74) is 10.7. The average molecular weight is 350 g/mol. The van der Waals surface area contributed by atoms with Crippen LogP contribution >= 0.6 is 0 Å². The van der Waals surface area contributed by atoms with Crippen LogP contribution in [0.2, 0.25) is 0 Å². The molecule has 1 N–H and O–H groups in total. The highest BCUT2D eigenvalue weighted by Gasteiger charge is 2.51. The number of amides is 1. The highest BCUT2D eigenvalue weighted by Crippen LogP contribution is 2.47. The summed E-state index contributed by atoms with van der Waals surface area (Å²) in [6.07, 6.45) is 2.79. The van der Waals surface area contributed by atoms with Crippen LogP contribution < -0.4 is 5.32 Å². The lowest BCUT2D eigenvalue weighted by molar-refractivity contribution is -0.385. The predicted octanol–water partition coefficient (Wildman–Crippen LogP) is 2.83. The monoisotopic (exact) mass is 350 g/mol. The van der Waals surface area contributed by atoms with Gasteiger partial charge < -0.3 is 5.32 Å². The van der Waals surface area contributed by atoms with Gasteiger partial charge in [-0.15, -0.1) is 0 Å². The van der Waals surface area contributed by atoms with Crippen molar-refractivity contribution < 1.29 is 9.72 Å². The first-order chi connectivity index (χ1) is 12.5. The van der Waals surface area contributed by atoms with Crippen molar-refractivity contribution >= 4 is 17.4 Å². The van der Waals surface area contributed by atoms with Gasteiger partial charge in [-0.05, 0) is 48.1 Å². The molecule has 1 amide bonds. The second-order valence-electron chi connectivity index (χ2n) is 6.50. The van der Waals surface area contributed by atoms with Crippen molar-refractivity contribution in [2.75, 3.05) is 11.9 Å². The second-order valence-corrected chi connectivity index (χ2v) is 6.50. The lowest BCUT2D eigenvalue weighted by atomic mass is 9.79. The summed E-state index contributed by atoms with van der Waals surface area (Å²) < 4.78 is 0. The number of aromatic nitrogens is 1. The molecule has 0 unspecified atom stereocenters. The van der Waals surface area contributed by atoms with Crippen LogP contribution in [0.15, 0.2) is 35.6 Å². The van der Waals surface area contributed by atoms with Crippen molar-refractivity contribution in [3.8, 4) is 0 Å². The van der Waals surface area contributed by atoms with Crippen LogP contribution in [-0.2, 0) is 29.5 Å². The fourth-order valence-electron chi connectivity index (χ4n) is 3.95. The zero-order valence-corrected chi connectivity index (χ0v) is 13.7. The first kappa shape index (κ1) is 16.0. The van der Waals surface area contributed by atoms with E-state index in [0.717, 1.165) is 16.7 Å². The predicted molar refractivity (Wildman–Crippen MR) is 92.8 cm³/mol. The maximum atomic E-state index is 12.7. The van der Waals surface area contributed by atoms with Gasteiger partial charge in [-0.2, -0.15) is 0 Å². The van der Waals surface area contributed by atoms with E-state index in [0.29, 0.717) is 24.2 Å². The number of nitro benzene ring substituents is 1. The Hall–Kier alpha value is -3.45. The Morgan fingerprint density at radius 1 is 1.38 bits per heavy atom. The van der Waals surface area contributed by atoms with Crippen molar-refractivity contribution in [3.63, 3.8) is 0 Å². The molecule has 1 aliphatic heterocycles. The van der Waals surface area contributed by atoms with E-state index in [-0.39, 0.29) is 24.6 Å². The molecule has 0 radical (unpaired) electrons. The molecule has 1 atom stereocenters. The average Bonchev–Trinajstić information content (AvgIpc) is 3.13. The molecule has 1 aliphatic carbocycles. The fraction of sp³-hybridized carbons (Fsp3) is 0.294. The SMILES string of the molecule is [N-]=[N+]=NCCc1cc2c(cc1[N+](=O)[O-])C[C@]1(C2)C(=O)Nc2ncccc21. The molecule has 1 spiro atoms. The van der Waals surface area contributed by atoms with Gasteiger partial charge in [0.25, 0.3) is 5.69 Å². The first-order valence-corrected chi connectivity index (χ1v) is 8.12. The summed E-state index contributed by atoms with van der Waals surface area (Å²) in [7, 11) is 0. The van der Waals surface area contributed by atoms with E-state index in [2.05, 4.69) is 20.3 Å². The number of hydrogen-bond acceptors (Lipinski definition) is 5. The van der Waals surface area contributed by atoms with Gasteiger partial charge in [0.2, 0.25) is 5.91 Å². The van der Waals surface area contributed by atoms with E-state index in [9.17, 15) is 14.9 Å². The van der Waals surface area contributed by atoms with Crippen LogP contribution in [0, 0.1) is 10.1 Å². The number of carbonyl (C=O) groups excluding carboxylic acids is 1. The lowest BCUT2D eigenvalue weighted by Crippen LogP contribution is -2.35. The standard InChI is InChI=1S/C17H14N6O3/c18-22-20-5-3-10-6-11-8-17(9-12(11)7-14(10)23(25)26)13-2-1-4-19-15(13)21-16(17)24/h1-2,4,6-7H,3,5,8-9H2,(H,19,21,24)/t17-/m0/s1. The molecule has 1 aromatic heterocycles. The van der Waals surface area contributed by atoms with Gasteiger partial charge in [0, 0.05) is 34.8 Å². The zero-order valence-electron chi connectivity index (χ0n) is 13.7. The topological polar surface area (TPSA) is 134 Å². The number of azide groups is 1. The maximum absolute atomic E-state index is 12.7. The molecule has 26 heavy (non-hydrogen) atoms. The number of carbonyl (C=O) groups is 1. The molecule has 0 saturated heterocycles. The largest absolute Gasteiger partial charge is 0.310 e. The normalized spacial score (nSPS) is 19.6. The third-order valence-corrected chi connectivity index (χ3v) is 5.12. The molecule has 130 valence electrons. The third kappa shape index (κ3) is 2.29. The number of hydrogen-bond donors (Lipinski definition) is 1. The van der Waals surface area contributed by atoms with Gasteiger partial charge in [-0.25, -0.2) is 4.98 Å². The van der Waals surface area contributed by atoms with E-state index in [1.54, 1.807) is 24.4 Å². The summed E-state index contributed by atoms with van der Waals surface area (Å²) in [5.74, 6) is 0.434. The van der Waals surface area contributed by atoms with Crippen molar-refractivity contribution in [3.05, 3.63) is 73.3 Å². The minimum Gasteiger partial charge on any atom is -0.310 e. The molecule has 1 aromatic carbocycles. The number of anilines is 1. The maximum Gasteiger partial charge on any atom is 0.272 e. The van der Waals surface area contributed by atoms with Crippen LogP contribution in [-0.4, -0.2) is 22.4 Å². The van der Waals surface area contributed by atoms with Gasteiger partial charge >= 0.3 is 0 Å². The van der Waals surface area contributed by atoms with Gasteiger partial charge in [0.1, 0.15) is 5.82 Å². The number of pyridine rings is 1.